The van der Waals surface area contributed by atoms with Gasteiger partial charge < -0.3 is 34.3 Å². The third kappa shape index (κ3) is 35.6. The number of hydrogen-bond acceptors (Lipinski definition) is 11. The summed E-state index contributed by atoms with van der Waals surface area (Å²) in [5.74, 6) is -1.98. The SMILES string of the molecule is CCCCCCC/C=C/CCCCCCCC(=O)OC[C@H](CO[C@H]1O[C@H](CS(=O)(=O)O)[C@@H](O)C(O)C1O)OC(=O)CCCCCCCCCCCCCCCCCCCCCCCC. The molecule has 4 N–H and O–H groups in total. The lowest BCUT2D eigenvalue weighted by atomic mass is 10.00. The Balaban J connectivity index is 2.33. The van der Waals surface area contributed by atoms with Gasteiger partial charge in [-0.2, -0.15) is 8.42 Å². The number of rotatable bonds is 45. The standard InChI is InChI=1S/C51H96O12S/c1-3-5-7-9-11-13-15-17-19-20-21-22-23-24-25-26-28-30-32-34-36-38-40-47(53)62-44(42-61-51-50(56)49(55)48(54)45(63-51)43-64(57,58)59)41-60-46(52)39-37-35-33-31-29-27-18-16-14-12-10-8-6-4-2/h16,18,44-45,48-51,54-56H,3-15,17,19-43H2,1-2H3,(H,57,58,59)/b18-16+/t44-,45-,48-,49?,50?,51+/m1/s1. The van der Waals surface area contributed by atoms with Crippen LogP contribution in [0.15, 0.2) is 12.2 Å². The molecule has 0 bridgehead atoms. The van der Waals surface area contributed by atoms with Gasteiger partial charge in [0, 0.05) is 12.8 Å². The Morgan fingerprint density at radius 1 is 0.516 bits per heavy atom. The van der Waals surface area contributed by atoms with Crippen molar-refractivity contribution in [1.29, 1.82) is 0 Å². The van der Waals surface area contributed by atoms with E-state index >= 15 is 0 Å². The summed E-state index contributed by atoms with van der Waals surface area (Å²) in [6.45, 7) is 3.79. The van der Waals surface area contributed by atoms with Crippen LogP contribution in [0.5, 0.6) is 0 Å². The first-order valence-electron chi connectivity index (χ1n) is 26.2. The molecule has 2 unspecified atom stereocenters. The average Bonchev–Trinajstić information content (AvgIpc) is 3.26. The quantitative estimate of drug-likeness (QED) is 0.0196. The van der Waals surface area contributed by atoms with Crippen LogP contribution < -0.4 is 0 Å². The van der Waals surface area contributed by atoms with Gasteiger partial charge in [-0.1, -0.05) is 206 Å². The maximum atomic E-state index is 12.9. The van der Waals surface area contributed by atoms with Crippen molar-refractivity contribution in [3.05, 3.63) is 12.2 Å². The molecule has 1 aliphatic rings. The molecule has 0 spiro atoms. The first kappa shape index (κ1) is 60.4. The van der Waals surface area contributed by atoms with Crippen LogP contribution in [0.2, 0.25) is 0 Å². The Morgan fingerprint density at radius 3 is 1.30 bits per heavy atom. The molecule has 6 atom stereocenters. The molecule has 1 saturated heterocycles. The van der Waals surface area contributed by atoms with Gasteiger partial charge in [-0.15, -0.1) is 0 Å². The van der Waals surface area contributed by atoms with Gasteiger partial charge in [-0.25, -0.2) is 0 Å². The molecule has 0 aromatic carbocycles. The maximum Gasteiger partial charge on any atom is 0.306 e. The molecule has 1 fully saturated rings. The summed E-state index contributed by atoms with van der Waals surface area (Å²) >= 11 is 0. The number of esters is 2. The van der Waals surface area contributed by atoms with Crippen LogP contribution in [-0.2, 0) is 38.7 Å². The van der Waals surface area contributed by atoms with Crippen LogP contribution in [0.3, 0.4) is 0 Å². The molecule has 1 rings (SSSR count). The fraction of sp³-hybridized carbons (Fsp3) is 0.922. The second-order valence-corrected chi connectivity index (χ2v) is 20.0. The maximum absolute atomic E-state index is 12.9. The van der Waals surface area contributed by atoms with Crippen molar-refractivity contribution in [2.45, 2.75) is 282 Å². The van der Waals surface area contributed by atoms with E-state index in [1.54, 1.807) is 0 Å². The molecular weight excluding hydrogens is 837 g/mol. The van der Waals surface area contributed by atoms with Crippen LogP contribution in [0.1, 0.15) is 245 Å². The van der Waals surface area contributed by atoms with E-state index in [0.717, 1.165) is 57.8 Å². The number of ether oxygens (including phenoxy) is 4. The molecule has 0 radical (unpaired) electrons. The monoisotopic (exact) mass is 933 g/mol. The lowest BCUT2D eigenvalue weighted by molar-refractivity contribution is -0.297. The zero-order valence-corrected chi connectivity index (χ0v) is 41.5. The Morgan fingerprint density at radius 2 is 0.891 bits per heavy atom. The Bertz CT molecular complexity index is 1230. The van der Waals surface area contributed by atoms with Crippen molar-refractivity contribution in [1.82, 2.24) is 0 Å². The average molecular weight is 933 g/mol. The molecule has 0 amide bonds. The van der Waals surface area contributed by atoms with Gasteiger partial charge in [0.05, 0.1) is 6.61 Å². The summed E-state index contributed by atoms with van der Waals surface area (Å²) in [7, 11) is -4.60. The summed E-state index contributed by atoms with van der Waals surface area (Å²) < 4.78 is 54.2. The molecule has 0 aromatic heterocycles. The van der Waals surface area contributed by atoms with E-state index in [4.69, 9.17) is 18.9 Å². The largest absolute Gasteiger partial charge is 0.462 e. The lowest BCUT2D eigenvalue weighted by Gasteiger charge is -2.40. The zero-order valence-electron chi connectivity index (χ0n) is 40.7. The molecular formula is C51H96O12S. The molecule has 12 nitrogen and oxygen atoms in total. The summed E-state index contributed by atoms with van der Waals surface area (Å²) in [6, 6.07) is 0. The number of aliphatic hydroxyl groups is 3. The van der Waals surface area contributed by atoms with Crippen LogP contribution in [0.25, 0.3) is 0 Å². The first-order valence-corrected chi connectivity index (χ1v) is 27.9. The Kier molecular flexibility index (Phi) is 39.2. The van der Waals surface area contributed by atoms with Crippen LogP contribution in [0.4, 0.5) is 0 Å². The second-order valence-electron chi connectivity index (χ2n) is 18.5. The minimum atomic E-state index is -4.60. The van der Waals surface area contributed by atoms with Gasteiger partial charge in [0.25, 0.3) is 10.1 Å². The van der Waals surface area contributed by atoms with Crippen molar-refractivity contribution in [3.8, 4) is 0 Å². The normalized spacial score (nSPS) is 19.6. The molecule has 0 saturated carbocycles. The van der Waals surface area contributed by atoms with E-state index in [-0.39, 0.29) is 19.4 Å². The van der Waals surface area contributed by atoms with Crippen LogP contribution in [0, 0.1) is 0 Å². The minimum absolute atomic E-state index is 0.169. The minimum Gasteiger partial charge on any atom is -0.462 e. The number of hydrogen-bond donors (Lipinski definition) is 4. The fourth-order valence-corrected chi connectivity index (χ4v) is 8.95. The second kappa shape index (κ2) is 41.6. The number of unbranched alkanes of at least 4 members (excludes halogenated alkanes) is 31. The van der Waals surface area contributed by atoms with E-state index in [1.807, 2.05) is 0 Å². The summed E-state index contributed by atoms with van der Waals surface area (Å²) in [5.41, 5.74) is 0. The van der Waals surface area contributed by atoms with Gasteiger partial charge in [0.1, 0.15) is 36.8 Å². The predicted octanol–water partition coefficient (Wildman–Crippen LogP) is 11.8. The number of allylic oxidation sites excluding steroid dienone is 2. The van der Waals surface area contributed by atoms with Gasteiger partial charge in [-0.3, -0.25) is 14.1 Å². The van der Waals surface area contributed by atoms with Gasteiger partial charge in [0.2, 0.25) is 0 Å². The number of carbonyl (C=O) groups excluding carboxylic acids is 2. The number of carbonyl (C=O) groups is 2. The van der Waals surface area contributed by atoms with Crippen LogP contribution >= 0.6 is 0 Å². The topological polar surface area (TPSA) is 186 Å². The summed E-state index contributed by atoms with van der Waals surface area (Å²) in [5, 5.41) is 31.0. The Hall–Kier alpha value is -1.61. The zero-order chi connectivity index (χ0) is 46.9. The van der Waals surface area contributed by atoms with E-state index in [1.165, 1.54) is 148 Å². The third-order valence-electron chi connectivity index (χ3n) is 12.3. The van der Waals surface area contributed by atoms with E-state index in [9.17, 15) is 37.9 Å². The first-order chi connectivity index (χ1) is 31.0. The molecule has 1 heterocycles. The van der Waals surface area contributed by atoms with E-state index in [0.29, 0.717) is 12.8 Å². The molecule has 0 aliphatic carbocycles. The highest BCUT2D eigenvalue weighted by atomic mass is 32.2. The highest BCUT2D eigenvalue weighted by Gasteiger charge is 2.46. The highest BCUT2D eigenvalue weighted by molar-refractivity contribution is 7.85. The van der Waals surface area contributed by atoms with Crippen molar-refractivity contribution in [2.75, 3.05) is 19.0 Å². The van der Waals surface area contributed by atoms with Crippen molar-refractivity contribution < 1.29 is 56.8 Å². The van der Waals surface area contributed by atoms with E-state index in [2.05, 4.69) is 26.0 Å². The van der Waals surface area contributed by atoms with Gasteiger partial charge in [0.15, 0.2) is 12.4 Å². The van der Waals surface area contributed by atoms with Crippen molar-refractivity contribution in [3.63, 3.8) is 0 Å². The molecule has 0 aromatic rings. The lowest BCUT2D eigenvalue weighted by Crippen LogP contribution is -2.60. The van der Waals surface area contributed by atoms with Crippen LogP contribution in [-0.4, -0.2) is 96.0 Å². The summed E-state index contributed by atoms with van der Waals surface area (Å²) in [4.78, 5) is 25.5. The molecule has 1 aliphatic heterocycles. The third-order valence-corrected chi connectivity index (χ3v) is 13.1. The smallest absolute Gasteiger partial charge is 0.306 e. The molecule has 13 heteroatoms. The van der Waals surface area contributed by atoms with E-state index < -0.39 is 71.2 Å². The van der Waals surface area contributed by atoms with Crippen molar-refractivity contribution in [2.24, 2.45) is 0 Å². The number of aliphatic hydroxyl groups excluding tert-OH is 3. The Labute approximate surface area is 390 Å². The van der Waals surface area contributed by atoms with Gasteiger partial charge in [-0.05, 0) is 38.5 Å². The predicted molar refractivity (Wildman–Crippen MR) is 257 cm³/mol. The summed E-state index contributed by atoms with van der Waals surface area (Å²) in [6.07, 6.45) is 36.9. The molecule has 64 heavy (non-hydrogen) atoms. The molecule has 378 valence electrons. The van der Waals surface area contributed by atoms with Gasteiger partial charge >= 0.3 is 11.9 Å². The van der Waals surface area contributed by atoms with Crippen molar-refractivity contribution >= 4 is 22.1 Å². The highest BCUT2D eigenvalue weighted by Crippen LogP contribution is 2.24. The fourth-order valence-electron chi connectivity index (χ4n) is 8.26.